The molecule has 0 aromatic heterocycles. The van der Waals surface area contributed by atoms with Crippen LogP contribution in [0.15, 0.2) is 35.3 Å². The number of rotatable bonds is 8. The molecule has 3 fully saturated rings. The molecule has 2 atom stereocenters. The quantitative estimate of drug-likeness (QED) is 0.344. The molecule has 3 aliphatic rings. The summed E-state index contributed by atoms with van der Waals surface area (Å²) in [5.74, 6) is 0.595. The Morgan fingerprint density at radius 1 is 1.15 bits per heavy atom. The van der Waals surface area contributed by atoms with Crippen molar-refractivity contribution in [2.24, 2.45) is 10.9 Å². The van der Waals surface area contributed by atoms with Crippen LogP contribution in [0.4, 0.5) is 4.79 Å². The zero-order valence-electron chi connectivity index (χ0n) is 23.2. The predicted molar refractivity (Wildman–Crippen MR) is 150 cm³/mol. The number of hydrogen-bond donors (Lipinski definition) is 3. The highest BCUT2D eigenvalue weighted by atomic mass is 16.5. The Morgan fingerprint density at radius 3 is 2.59 bits per heavy atom. The fourth-order valence-electron chi connectivity index (χ4n) is 5.81. The first-order chi connectivity index (χ1) is 19.0. The zero-order valence-corrected chi connectivity index (χ0v) is 23.2. The molecule has 212 valence electrons. The summed E-state index contributed by atoms with van der Waals surface area (Å²) in [6.45, 7) is 6.50. The fraction of sp³-hybridized carbons (Fsp3) is 0.655. The number of aliphatic imine (C=N–C) groups is 1. The van der Waals surface area contributed by atoms with Crippen molar-refractivity contribution >= 4 is 17.9 Å². The highest BCUT2D eigenvalue weighted by molar-refractivity contribution is 5.95. The number of guanidine groups is 1. The first-order valence-electron chi connectivity index (χ1n) is 14.5. The summed E-state index contributed by atoms with van der Waals surface area (Å²) < 4.78 is 5.50. The number of benzene rings is 1. The Labute approximate surface area is 232 Å². The number of carbonyl (C=O) groups is 2. The maximum atomic E-state index is 13.9. The van der Waals surface area contributed by atoms with E-state index in [4.69, 9.17) is 4.74 Å². The molecule has 10 nitrogen and oxygen atoms in total. The highest BCUT2D eigenvalue weighted by Crippen LogP contribution is 2.28. The third kappa shape index (κ3) is 8.41. The van der Waals surface area contributed by atoms with Gasteiger partial charge in [-0.25, -0.2) is 4.79 Å². The van der Waals surface area contributed by atoms with E-state index in [0.717, 1.165) is 25.9 Å². The third-order valence-electron chi connectivity index (χ3n) is 7.93. The summed E-state index contributed by atoms with van der Waals surface area (Å²) in [4.78, 5) is 34.8. The first kappa shape index (κ1) is 28.8. The van der Waals surface area contributed by atoms with Crippen molar-refractivity contribution < 1.29 is 14.3 Å². The molecule has 2 heterocycles. The van der Waals surface area contributed by atoms with Crippen molar-refractivity contribution in [2.45, 2.75) is 70.0 Å². The maximum Gasteiger partial charge on any atom is 0.344 e. The minimum absolute atomic E-state index is 0.208. The zero-order chi connectivity index (χ0) is 27.5. The molecule has 2 saturated heterocycles. The van der Waals surface area contributed by atoms with Crippen LogP contribution in [0, 0.1) is 17.2 Å². The van der Waals surface area contributed by atoms with E-state index in [2.05, 4.69) is 44.0 Å². The summed E-state index contributed by atoms with van der Waals surface area (Å²) >= 11 is 0. The lowest BCUT2D eigenvalue weighted by Gasteiger charge is -2.34. The van der Waals surface area contributed by atoms with Gasteiger partial charge in [0.05, 0.1) is 19.3 Å². The van der Waals surface area contributed by atoms with Crippen molar-refractivity contribution in [3.63, 3.8) is 0 Å². The minimum Gasteiger partial charge on any atom is -0.378 e. The van der Waals surface area contributed by atoms with Gasteiger partial charge in [-0.1, -0.05) is 62.4 Å². The van der Waals surface area contributed by atoms with Crippen molar-refractivity contribution in [3.05, 3.63) is 35.9 Å². The fourth-order valence-corrected chi connectivity index (χ4v) is 5.81. The van der Waals surface area contributed by atoms with Gasteiger partial charge in [-0.2, -0.15) is 10.3 Å². The Bertz CT molecular complexity index is 1020. The number of hydrogen-bond acceptors (Lipinski definition) is 5. The monoisotopic (exact) mass is 537 g/mol. The topological polar surface area (TPSA) is 122 Å². The van der Waals surface area contributed by atoms with Gasteiger partial charge in [0.2, 0.25) is 11.9 Å². The average molecular weight is 538 g/mol. The molecule has 0 radical (unpaired) electrons. The number of nitrogens with one attached hydrogen (secondary N) is 3. The van der Waals surface area contributed by atoms with Gasteiger partial charge < -0.3 is 25.6 Å². The molecule has 1 aliphatic carbocycles. The van der Waals surface area contributed by atoms with Gasteiger partial charge in [-0.3, -0.25) is 9.69 Å². The highest BCUT2D eigenvalue weighted by Gasteiger charge is 2.41. The number of nitriles is 1. The number of likely N-dealkylation sites (tertiary alicyclic amines) is 1. The van der Waals surface area contributed by atoms with E-state index in [1.807, 2.05) is 30.0 Å². The third-order valence-corrected chi connectivity index (χ3v) is 7.93. The average Bonchev–Trinajstić information content (AvgIpc) is 3.36. The number of carbonyl (C=O) groups excluding carboxylic acids is 2. The van der Waals surface area contributed by atoms with E-state index in [0.29, 0.717) is 64.1 Å². The Kier molecular flexibility index (Phi) is 10.6. The van der Waals surface area contributed by atoms with Crippen LogP contribution in [0.5, 0.6) is 0 Å². The first-order valence-corrected chi connectivity index (χ1v) is 14.5. The van der Waals surface area contributed by atoms with Crippen LogP contribution in [-0.2, 0) is 16.1 Å². The second-order valence-electron chi connectivity index (χ2n) is 10.9. The van der Waals surface area contributed by atoms with Gasteiger partial charge in [0, 0.05) is 39.3 Å². The summed E-state index contributed by atoms with van der Waals surface area (Å²) in [7, 11) is 0. The molecule has 3 N–H and O–H groups in total. The second kappa shape index (κ2) is 14.3. The molecule has 39 heavy (non-hydrogen) atoms. The van der Waals surface area contributed by atoms with Gasteiger partial charge in [0.1, 0.15) is 11.6 Å². The van der Waals surface area contributed by atoms with Gasteiger partial charge >= 0.3 is 6.03 Å². The van der Waals surface area contributed by atoms with Crippen LogP contribution in [0.1, 0.15) is 57.4 Å². The van der Waals surface area contributed by atoms with Gasteiger partial charge in [0.15, 0.2) is 0 Å². The van der Waals surface area contributed by atoms with Crippen LogP contribution >= 0.6 is 0 Å². The van der Waals surface area contributed by atoms with E-state index in [9.17, 15) is 14.9 Å². The Morgan fingerprint density at radius 2 is 1.90 bits per heavy atom. The molecule has 1 aromatic carbocycles. The van der Waals surface area contributed by atoms with Crippen LogP contribution in [0.25, 0.3) is 0 Å². The largest absolute Gasteiger partial charge is 0.378 e. The number of amides is 3. The van der Waals surface area contributed by atoms with E-state index in [-0.39, 0.29) is 5.91 Å². The normalized spacial score (nSPS) is 23.6. The van der Waals surface area contributed by atoms with Crippen LogP contribution in [-0.4, -0.2) is 85.2 Å². The summed E-state index contributed by atoms with van der Waals surface area (Å²) in [5, 5.41) is 19.4. The lowest BCUT2D eigenvalue weighted by Crippen LogP contribution is -2.59. The van der Waals surface area contributed by atoms with Crippen molar-refractivity contribution in [1.82, 2.24) is 25.8 Å². The predicted octanol–water partition coefficient (Wildman–Crippen LogP) is 2.62. The van der Waals surface area contributed by atoms with Gasteiger partial charge in [-0.15, -0.1) is 0 Å². The number of morpholine rings is 1. The lowest BCUT2D eigenvalue weighted by molar-refractivity contribution is -0.124. The number of nitrogens with zero attached hydrogens (tertiary/aromatic N) is 4. The van der Waals surface area contributed by atoms with Gasteiger partial charge in [0.25, 0.3) is 0 Å². The van der Waals surface area contributed by atoms with E-state index < -0.39 is 17.6 Å². The lowest BCUT2D eigenvalue weighted by atomic mass is 9.84. The molecular formula is C29H43N7O3. The molecule has 1 saturated carbocycles. The van der Waals surface area contributed by atoms with Crippen LogP contribution in [0.2, 0.25) is 0 Å². The van der Waals surface area contributed by atoms with Crippen LogP contribution in [0.3, 0.4) is 0 Å². The number of ether oxygens (including phenoxy) is 1. The summed E-state index contributed by atoms with van der Waals surface area (Å²) in [5.41, 5.74) is 0.236. The van der Waals surface area contributed by atoms with Crippen molar-refractivity contribution in [3.8, 4) is 6.07 Å². The van der Waals surface area contributed by atoms with E-state index in [1.165, 1.54) is 24.8 Å². The summed E-state index contributed by atoms with van der Waals surface area (Å²) in [6, 6.07) is 11.6. The standard InChI is InChI=1S/C29H43N7O3/c1-2-31-28(38)33-27(36-15-17-39-18-16-36)32-25(19-23-9-5-3-6-10-23)26(37)34-29(21-30)13-14-35(22-29)20-24-11-7-4-8-12-24/h4,7-8,11-12,23,25H,2-3,5-6,9-10,13-20,22H2,1H3,(H,34,37)(H2,31,32,33,38). The SMILES string of the molecule is CCNC(=O)/N=C(\NC(CC1CCCCC1)C(=O)NC1(C#N)CCN(Cc2ccccc2)C1)N1CCOCC1. The van der Waals surface area contributed by atoms with Crippen molar-refractivity contribution in [2.75, 3.05) is 45.9 Å². The molecule has 4 rings (SSSR count). The maximum absolute atomic E-state index is 13.9. The Balaban J connectivity index is 1.50. The van der Waals surface area contributed by atoms with E-state index in [1.54, 1.807) is 0 Å². The van der Waals surface area contributed by atoms with Crippen LogP contribution < -0.4 is 16.0 Å². The minimum atomic E-state index is -0.950. The molecule has 10 heteroatoms. The smallest absolute Gasteiger partial charge is 0.344 e. The molecule has 2 aliphatic heterocycles. The summed E-state index contributed by atoms with van der Waals surface area (Å²) in [6.07, 6.45) is 6.94. The van der Waals surface area contributed by atoms with Gasteiger partial charge in [-0.05, 0) is 31.2 Å². The molecule has 0 bridgehead atoms. The molecular weight excluding hydrogens is 494 g/mol. The Hall–Kier alpha value is -3.16. The molecule has 2 unspecified atom stereocenters. The second-order valence-corrected chi connectivity index (χ2v) is 10.9. The van der Waals surface area contributed by atoms with E-state index >= 15 is 0 Å². The molecule has 1 aromatic rings. The molecule has 3 amide bonds. The number of urea groups is 1. The van der Waals surface area contributed by atoms with Crippen molar-refractivity contribution in [1.29, 1.82) is 5.26 Å². The molecule has 0 spiro atoms.